The molecule has 6 nitrogen and oxygen atoms in total. The van der Waals surface area contributed by atoms with Crippen LogP contribution in [0.15, 0.2) is 36.7 Å². The minimum Gasteiger partial charge on any atom is -0.444 e. The van der Waals surface area contributed by atoms with Crippen LogP contribution >= 0.6 is 0 Å². The predicted octanol–water partition coefficient (Wildman–Crippen LogP) is 4.35. The quantitative estimate of drug-likeness (QED) is 0.550. The number of aromatic nitrogens is 2. The van der Waals surface area contributed by atoms with Crippen molar-refractivity contribution in [2.75, 3.05) is 26.2 Å². The van der Waals surface area contributed by atoms with Crippen LogP contribution in [0.3, 0.4) is 0 Å². The molecule has 0 radical (unpaired) electrons. The Morgan fingerprint density at radius 1 is 1.00 bits per heavy atom. The molecule has 4 heterocycles. The van der Waals surface area contributed by atoms with E-state index in [1.54, 1.807) is 11.1 Å². The van der Waals surface area contributed by atoms with Gasteiger partial charge in [0.05, 0.1) is 5.41 Å². The third kappa shape index (κ3) is 5.65. The largest absolute Gasteiger partial charge is 0.444 e. The van der Waals surface area contributed by atoms with Gasteiger partial charge < -0.3 is 15.0 Å². The summed E-state index contributed by atoms with van der Waals surface area (Å²) in [6.45, 7) is 13.4. The van der Waals surface area contributed by atoms with Gasteiger partial charge in [0.25, 0.3) is 0 Å². The number of hydrogen-bond donors (Lipinski definition) is 1. The first kappa shape index (κ1) is 25.3. The van der Waals surface area contributed by atoms with Gasteiger partial charge in [0.15, 0.2) is 0 Å². The molecule has 0 spiro atoms. The van der Waals surface area contributed by atoms with Crippen LogP contribution in [0.1, 0.15) is 56.1 Å². The molecule has 0 aromatic carbocycles. The Labute approximate surface area is 220 Å². The topological polar surface area (TPSA) is 67.4 Å². The lowest BCUT2D eigenvalue weighted by Gasteiger charge is -2.25. The third-order valence-electron chi connectivity index (χ3n) is 7.74. The van der Waals surface area contributed by atoms with Gasteiger partial charge in [-0.15, -0.1) is 0 Å². The zero-order valence-electron chi connectivity index (χ0n) is 22.5. The van der Waals surface area contributed by atoms with Crippen molar-refractivity contribution < 1.29 is 9.53 Å². The van der Waals surface area contributed by atoms with Gasteiger partial charge in [0.2, 0.25) is 0 Å². The van der Waals surface area contributed by atoms with Gasteiger partial charge >= 0.3 is 6.09 Å². The first-order valence-corrected chi connectivity index (χ1v) is 13.2. The molecule has 0 bridgehead atoms. The lowest BCUT2D eigenvalue weighted by atomic mass is 10.1. The average molecular weight is 497 g/mol. The number of pyridine rings is 2. The number of ether oxygens (including phenoxy) is 1. The molecule has 4 unspecified atom stereocenters. The zero-order valence-corrected chi connectivity index (χ0v) is 22.5. The van der Waals surface area contributed by atoms with Crippen LogP contribution in [0, 0.1) is 60.2 Å². The van der Waals surface area contributed by atoms with E-state index >= 15 is 0 Å². The number of amides is 1. The number of hydrogen-bond acceptors (Lipinski definition) is 5. The minimum atomic E-state index is -0.451. The molecule has 2 aliphatic heterocycles. The van der Waals surface area contributed by atoms with Crippen molar-refractivity contribution in [2.45, 2.75) is 53.1 Å². The number of fused-ring (bicyclic) bond motifs is 2. The normalized spacial score (nSPS) is 28.3. The summed E-state index contributed by atoms with van der Waals surface area (Å²) in [6.07, 6.45) is 5.70. The fourth-order valence-corrected chi connectivity index (χ4v) is 5.28. The molecule has 2 aliphatic carbocycles. The maximum absolute atomic E-state index is 12.1. The van der Waals surface area contributed by atoms with Crippen molar-refractivity contribution in [3.63, 3.8) is 0 Å². The van der Waals surface area contributed by atoms with Crippen molar-refractivity contribution in [2.24, 2.45) is 22.7 Å². The average Bonchev–Trinajstić information content (AvgIpc) is 3.63. The van der Waals surface area contributed by atoms with Crippen LogP contribution in [0.4, 0.5) is 4.79 Å². The molecule has 4 aliphatic rings. The molecule has 2 aromatic heterocycles. The molecular formula is C31H36N4O2. The summed E-state index contributed by atoms with van der Waals surface area (Å²) < 4.78 is 5.44. The Bertz CT molecular complexity index is 1320. The first-order chi connectivity index (χ1) is 17.6. The summed E-state index contributed by atoms with van der Waals surface area (Å²) in [5.74, 6) is 14.5. The summed E-state index contributed by atoms with van der Waals surface area (Å²) in [7, 11) is 0. The molecule has 37 heavy (non-hydrogen) atoms. The van der Waals surface area contributed by atoms with E-state index in [4.69, 9.17) is 4.74 Å². The molecular weight excluding hydrogens is 460 g/mol. The van der Waals surface area contributed by atoms with Crippen LogP contribution in [0.2, 0.25) is 0 Å². The Kier molecular flexibility index (Phi) is 6.50. The number of likely N-dealkylation sites (tertiary alicyclic amines) is 1. The highest BCUT2D eigenvalue weighted by molar-refractivity contribution is 5.69. The third-order valence-corrected chi connectivity index (χ3v) is 7.74. The van der Waals surface area contributed by atoms with E-state index in [9.17, 15) is 4.79 Å². The predicted molar refractivity (Wildman–Crippen MR) is 143 cm³/mol. The molecule has 2 aromatic rings. The molecule has 2 saturated heterocycles. The van der Waals surface area contributed by atoms with Crippen molar-refractivity contribution in [1.82, 2.24) is 20.2 Å². The summed E-state index contributed by atoms with van der Waals surface area (Å²) in [5.41, 5.74) is 3.83. The second kappa shape index (κ2) is 9.51. The lowest BCUT2D eigenvalue weighted by Crippen LogP contribution is -2.37. The van der Waals surface area contributed by atoms with Crippen LogP contribution in [-0.2, 0) is 4.74 Å². The monoisotopic (exact) mass is 496 g/mol. The highest BCUT2D eigenvalue weighted by atomic mass is 16.6. The minimum absolute atomic E-state index is 0.0408. The summed E-state index contributed by atoms with van der Waals surface area (Å²) in [6, 6.07) is 7.95. The van der Waals surface area contributed by atoms with E-state index < -0.39 is 5.60 Å². The molecule has 4 fully saturated rings. The number of nitrogens with zero attached hydrogens (tertiary/aromatic N) is 3. The van der Waals surface area contributed by atoms with Crippen LogP contribution < -0.4 is 5.32 Å². The van der Waals surface area contributed by atoms with Crippen molar-refractivity contribution in [3.05, 3.63) is 59.2 Å². The number of carbonyl (C=O) groups is 1. The molecule has 2 saturated carbocycles. The van der Waals surface area contributed by atoms with Crippen molar-refractivity contribution in [1.29, 1.82) is 0 Å². The van der Waals surface area contributed by atoms with E-state index in [2.05, 4.69) is 52.0 Å². The van der Waals surface area contributed by atoms with Crippen LogP contribution in [0.25, 0.3) is 0 Å². The van der Waals surface area contributed by atoms with Crippen molar-refractivity contribution >= 4 is 6.09 Å². The van der Waals surface area contributed by atoms with Crippen LogP contribution in [-0.4, -0.2) is 52.7 Å². The highest BCUT2D eigenvalue weighted by Crippen LogP contribution is 2.57. The Balaban J connectivity index is 0.000000162. The van der Waals surface area contributed by atoms with E-state index in [0.717, 1.165) is 48.9 Å². The second-order valence-electron chi connectivity index (χ2n) is 11.9. The lowest BCUT2D eigenvalue weighted by molar-refractivity contribution is 0.0268. The molecule has 192 valence electrons. The fraction of sp³-hybridized carbons (Fsp3) is 0.516. The zero-order chi connectivity index (χ0) is 26.3. The van der Waals surface area contributed by atoms with Gasteiger partial charge in [-0.1, -0.05) is 24.0 Å². The summed E-state index contributed by atoms with van der Waals surface area (Å²) in [4.78, 5) is 22.5. The first-order valence-electron chi connectivity index (χ1n) is 13.2. The molecule has 1 amide bonds. The number of nitrogens with one attached hydrogen (secondary N) is 1. The number of rotatable bonds is 0. The van der Waals surface area contributed by atoms with E-state index in [-0.39, 0.29) is 11.5 Å². The van der Waals surface area contributed by atoms with Gasteiger partial charge in [0, 0.05) is 37.4 Å². The van der Waals surface area contributed by atoms with E-state index in [0.29, 0.717) is 17.9 Å². The van der Waals surface area contributed by atoms with E-state index in [1.165, 1.54) is 12.0 Å². The number of carbonyl (C=O) groups excluding carboxylic acids is 1. The maximum Gasteiger partial charge on any atom is 0.410 e. The Hall–Kier alpha value is -3.35. The summed E-state index contributed by atoms with van der Waals surface area (Å²) in [5, 5.41) is 3.39. The molecule has 6 heteroatoms. The van der Waals surface area contributed by atoms with Gasteiger partial charge in [-0.3, -0.25) is 0 Å². The van der Waals surface area contributed by atoms with Gasteiger partial charge in [0.1, 0.15) is 17.0 Å². The molecule has 1 N–H and O–H groups in total. The summed E-state index contributed by atoms with van der Waals surface area (Å²) >= 11 is 0. The van der Waals surface area contributed by atoms with Gasteiger partial charge in [-0.2, -0.15) is 0 Å². The van der Waals surface area contributed by atoms with E-state index in [1.807, 2.05) is 52.1 Å². The number of piperidine rings is 2. The Morgan fingerprint density at radius 3 is 2.11 bits per heavy atom. The van der Waals surface area contributed by atoms with Crippen molar-refractivity contribution in [3.8, 4) is 23.7 Å². The molecule has 4 atom stereocenters. The SMILES string of the molecule is Cc1cccnc1C#CC12CC1CN(C(=O)OC(C)(C)C)C2.Cc1cccnc1C#CC12CNCC1C2. The maximum atomic E-state index is 12.1. The molecule has 6 rings (SSSR count). The Morgan fingerprint density at radius 2 is 1.59 bits per heavy atom. The smallest absolute Gasteiger partial charge is 0.410 e. The van der Waals surface area contributed by atoms with Crippen LogP contribution in [0.5, 0.6) is 0 Å². The standard InChI is InChI=1S/C18H22N2O2.C13H14N2/c1-13-6-5-9-19-15(13)7-8-18-10-14(18)11-20(12-18)16(21)22-17(2,3)4;1-10-3-2-6-15-12(10)4-5-13-7-11(13)8-14-9-13/h5-6,9,14H,10-12H2,1-4H3;2-3,6,11,14H,7-9H2,1H3. The number of aryl methyl sites for hydroxylation is 2. The van der Waals surface area contributed by atoms with Gasteiger partial charge in [-0.25, -0.2) is 14.8 Å². The highest BCUT2D eigenvalue weighted by Gasteiger charge is 2.60. The second-order valence-corrected chi connectivity index (χ2v) is 11.9. The fourth-order valence-electron chi connectivity index (χ4n) is 5.28. The van der Waals surface area contributed by atoms with Gasteiger partial charge in [-0.05, 0) is 101 Å².